The first kappa shape index (κ1) is 14.7. The smallest absolute Gasteiger partial charge is 0.123 e. The molecule has 0 atom stereocenters. The normalized spacial score (nSPS) is 11.3. The first-order valence-electron chi connectivity index (χ1n) is 6.72. The van der Waals surface area contributed by atoms with E-state index in [-0.39, 0.29) is 17.6 Å². The lowest BCUT2D eigenvalue weighted by atomic mass is 9.88. The Hall–Kier alpha value is -1.74. The summed E-state index contributed by atoms with van der Waals surface area (Å²) < 4.78 is 26.1. The zero-order valence-electron chi connectivity index (χ0n) is 11.8. The van der Waals surface area contributed by atoms with Crippen molar-refractivity contribution < 1.29 is 8.78 Å². The van der Waals surface area contributed by atoms with Crippen molar-refractivity contribution in [2.75, 3.05) is 20.6 Å². The van der Waals surface area contributed by atoms with Crippen LogP contribution in [0.1, 0.15) is 23.5 Å². The molecule has 0 saturated carbocycles. The topological polar surface area (TPSA) is 3.24 Å². The fraction of sp³-hybridized carbons (Fsp3) is 0.294. The summed E-state index contributed by atoms with van der Waals surface area (Å²) in [6.07, 6.45) is 0.907. The molecule has 0 spiro atoms. The van der Waals surface area contributed by atoms with Crippen LogP contribution in [-0.2, 0) is 0 Å². The molecule has 2 aromatic rings. The zero-order chi connectivity index (χ0) is 14.5. The van der Waals surface area contributed by atoms with Crippen molar-refractivity contribution >= 4 is 0 Å². The average Bonchev–Trinajstić information content (AvgIpc) is 2.42. The van der Waals surface area contributed by atoms with Gasteiger partial charge in [0, 0.05) is 5.92 Å². The molecule has 0 heterocycles. The zero-order valence-corrected chi connectivity index (χ0v) is 11.8. The van der Waals surface area contributed by atoms with E-state index in [1.807, 2.05) is 14.1 Å². The maximum Gasteiger partial charge on any atom is 0.123 e. The van der Waals surface area contributed by atoms with Crippen LogP contribution in [0.3, 0.4) is 0 Å². The number of halogens is 2. The minimum atomic E-state index is -0.237. The van der Waals surface area contributed by atoms with Gasteiger partial charge in [0.1, 0.15) is 11.6 Å². The molecule has 0 aromatic heterocycles. The van der Waals surface area contributed by atoms with Crippen LogP contribution in [0.5, 0.6) is 0 Å². The lowest BCUT2D eigenvalue weighted by Gasteiger charge is -2.20. The minimum Gasteiger partial charge on any atom is -0.309 e. The molecular weight excluding hydrogens is 256 g/mol. The molecule has 106 valence electrons. The molecule has 0 aliphatic rings. The van der Waals surface area contributed by atoms with Gasteiger partial charge in [-0.2, -0.15) is 0 Å². The van der Waals surface area contributed by atoms with E-state index in [0.29, 0.717) is 0 Å². The molecule has 0 fully saturated rings. The Morgan fingerprint density at radius 2 is 1.20 bits per heavy atom. The quantitative estimate of drug-likeness (QED) is 0.795. The fourth-order valence-corrected chi connectivity index (χ4v) is 2.30. The molecule has 20 heavy (non-hydrogen) atoms. The fourth-order valence-electron chi connectivity index (χ4n) is 2.30. The van der Waals surface area contributed by atoms with E-state index < -0.39 is 0 Å². The van der Waals surface area contributed by atoms with Crippen LogP contribution in [0.25, 0.3) is 0 Å². The van der Waals surface area contributed by atoms with Crippen molar-refractivity contribution in [2.45, 2.75) is 12.3 Å². The van der Waals surface area contributed by atoms with Crippen molar-refractivity contribution in [1.29, 1.82) is 0 Å². The van der Waals surface area contributed by atoms with Crippen LogP contribution >= 0.6 is 0 Å². The summed E-state index contributed by atoms with van der Waals surface area (Å²) in [6.45, 7) is 0.916. The molecule has 0 aliphatic carbocycles. The average molecular weight is 275 g/mol. The minimum absolute atomic E-state index is 0.151. The van der Waals surface area contributed by atoms with Gasteiger partial charge in [-0.1, -0.05) is 24.3 Å². The summed E-state index contributed by atoms with van der Waals surface area (Å²) >= 11 is 0. The molecule has 2 aromatic carbocycles. The van der Waals surface area contributed by atoms with Crippen molar-refractivity contribution in [3.8, 4) is 0 Å². The Balaban J connectivity index is 2.28. The van der Waals surface area contributed by atoms with E-state index in [1.54, 1.807) is 24.3 Å². The Bertz CT molecular complexity index is 486. The summed E-state index contributed by atoms with van der Waals surface area (Å²) in [5, 5.41) is 0. The Kier molecular flexibility index (Phi) is 4.85. The van der Waals surface area contributed by atoms with Crippen LogP contribution in [0.4, 0.5) is 8.78 Å². The van der Waals surface area contributed by atoms with Gasteiger partial charge in [-0.3, -0.25) is 0 Å². The molecule has 0 bridgehead atoms. The van der Waals surface area contributed by atoms with Gasteiger partial charge in [-0.15, -0.1) is 0 Å². The third kappa shape index (κ3) is 3.87. The van der Waals surface area contributed by atoms with Crippen LogP contribution in [0, 0.1) is 11.6 Å². The summed E-state index contributed by atoms with van der Waals surface area (Å²) in [6, 6.07) is 13.1. The summed E-state index contributed by atoms with van der Waals surface area (Å²) in [5.74, 6) is -0.322. The molecule has 0 amide bonds. The van der Waals surface area contributed by atoms with E-state index in [0.717, 1.165) is 24.1 Å². The Labute approximate surface area is 118 Å². The highest BCUT2D eigenvalue weighted by molar-refractivity contribution is 5.32. The molecule has 0 N–H and O–H groups in total. The lowest BCUT2D eigenvalue weighted by Crippen LogP contribution is -2.16. The van der Waals surface area contributed by atoms with Gasteiger partial charge >= 0.3 is 0 Å². The molecule has 2 rings (SSSR count). The number of hydrogen-bond donors (Lipinski definition) is 0. The van der Waals surface area contributed by atoms with Crippen molar-refractivity contribution in [3.05, 3.63) is 71.3 Å². The van der Waals surface area contributed by atoms with Gasteiger partial charge in [0.2, 0.25) is 0 Å². The van der Waals surface area contributed by atoms with Crippen LogP contribution in [0.15, 0.2) is 48.5 Å². The van der Waals surface area contributed by atoms with Gasteiger partial charge in [0.25, 0.3) is 0 Å². The molecule has 3 heteroatoms. The van der Waals surface area contributed by atoms with Crippen LogP contribution in [0.2, 0.25) is 0 Å². The third-order valence-corrected chi connectivity index (χ3v) is 3.41. The maximum absolute atomic E-state index is 13.1. The van der Waals surface area contributed by atoms with E-state index in [2.05, 4.69) is 4.90 Å². The highest BCUT2D eigenvalue weighted by atomic mass is 19.1. The third-order valence-electron chi connectivity index (χ3n) is 3.41. The van der Waals surface area contributed by atoms with Crippen LogP contribution in [-0.4, -0.2) is 25.5 Å². The summed E-state index contributed by atoms with van der Waals surface area (Å²) in [7, 11) is 4.04. The SMILES string of the molecule is CN(C)CCC(c1ccc(F)cc1)c1ccc(F)cc1. The van der Waals surface area contributed by atoms with Gasteiger partial charge < -0.3 is 4.90 Å². The first-order valence-corrected chi connectivity index (χ1v) is 6.72. The summed E-state index contributed by atoms with van der Waals surface area (Å²) in [5.41, 5.74) is 2.11. The van der Waals surface area contributed by atoms with Crippen molar-refractivity contribution in [1.82, 2.24) is 4.90 Å². The lowest BCUT2D eigenvalue weighted by molar-refractivity contribution is 0.390. The second kappa shape index (κ2) is 6.62. The monoisotopic (exact) mass is 275 g/mol. The van der Waals surface area contributed by atoms with E-state index in [4.69, 9.17) is 0 Å². The number of hydrogen-bond acceptors (Lipinski definition) is 1. The molecule has 0 saturated heterocycles. The summed E-state index contributed by atoms with van der Waals surface area (Å²) in [4.78, 5) is 2.11. The van der Waals surface area contributed by atoms with Crippen LogP contribution < -0.4 is 0 Å². The van der Waals surface area contributed by atoms with Crippen molar-refractivity contribution in [2.24, 2.45) is 0 Å². The number of nitrogens with zero attached hydrogens (tertiary/aromatic N) is 1. The highest BCUT2D eigenvalue weighted by Crippen LogP contribution is 2.28. The number of rotatable bonds is 5. The maximum atomic E-state index is 13.1. The largest absolute Gasteiger partial charge is 0.309 e. The first-order chi connectivity index (χ1) is 9.56. The predicted molar refractivity (Wildman–Crippen MR) is 77.8 cm³/mol. The number of benzene rings is 2. The standard InChI is InChI=1S/C17H19F2N/c1-20(2)12-11-17(13-3-7-15(18)8-4-13)14-5-9-16(19)10-6-14/h3-10,17H,11-12H2,1-2H3. The Morgan fingerprint density at radius 3 is 1.55 bits per heavy atom. The molecular formula is C17H19F2N. The van der Waals surface area contributed by atoms with E-state index in [9.17, 15) is 8.78 Å². The van der Waals surface area contributed by atoms with E-state index >= 15 is 0 Å². The highest BCUT2D eigenvalue weighted by Gasteiger charge is 2.14. The Morgan fingerprint density at radius 1 is 0.800 bits per heavy atom. The molecule has 0 radical (unpaired) electrons. The molecule has 0 unspecified atom stereocenters. The van der Waals surface area contributed by atoms with Gasteiger partial charge in [-0.05, 0) is 62.5 Å². The second-order valence-electron chi connectivity index (χ2n) is 5.25. The van der Waals surface area contributed by atoms with Gasteiger partial charge in [-0.25, -0.2) is 8.78 Å². The molecule has 0 aliphatic heterocycles. The second-order valence-corrected chi connectivity index (χ2v) is 5.25. The predicted octanol–water partition coefficient (Wildman–Crippen LogP) is 4.05. The van der Waals surface area contributed by atoms with Gasteiger partial charge in [0.05, 0.1) is 0 Å². The van der Waals surface area contributed by atoms with Crippen molar-refractivity contribution in [3.63, 3.8) is 0 Å². The van der Waals surface area contributed by atoms with E-state index in [1.165, 1.54) is 24.3 Å². The molecule has 1 nitrogen and oxygen atoms in total. The van der Waals surface area contributed by atoms with Gasteiger partial charge in [0.15, 0.2) is 0 Å².